The summed E-state index contributed by atoms with van der Waals surface area (Å²) in [5.74, 6) is 0. The lowest BCUT2D eigenvalue weighted by molar-refractivity contribution is 1.77. The van der Waals surface area contributed by atoms with Gasteiger partial charge in [-0.3, -0.25) is 0 Å². The molecular formula is C7H10B-. The first-order valence-electron chi connectivity index (χ1n) is 3.41. The van der Waals surface area contributed by atoms with Crippen LogP contribution >= 0.6 is 0 Å². The third-order valence-electron chi connectivity index (χ3n) is 1.52. The molecule has 1 aromatic rings. The molecule has 0 unspecified atom stereocenters. The van der Waals surface area contributed by atoms with Crippen LogP contribution in [0.15, 0.2) is 30.3 Å². The fourth-order valence-corrected chi connectivity index (χ4v) is 0.868. The van der Waals surface area contributed by atoms with E-state index in [4.69, 9.17) is 0 Å². The largest absolute Gasteiger partial charge is 0.217 e. The van der Waals surface area contributed by atoms with Crippen molar-refractivity contribution in [2.75, 3.05) is 0 Å². The van der Waals surface area contributed by atoms with Gasteiger partial charge in [0.1, 0.15) is 0 Å². The van der Waals surface area contributed by atoms with E-state index < -0.39 is 0 Å². The molecule has 0 amide bonds. The summed E-state index contributed by atoms with van der Waals surface area (Å²) in [6.45, 7) is 2.29. The molecule has 0 N–H and O–H groups in total. The number of benzene rings is 1. The lowest BCUT2D eigenvalue weighted by atomic mass is 9.74. The van der Waals surface area contributed by atoms with Crippen molar-refractivity contribution in [1.29, 1.82) is 0 Å². The lowest BCUT2D eigenvalue weighted by Crippen LogP contribution is -2.07. The maximum atomic E-state index is 2.29. The van der Waals surface area contributed by atoms with Gasteiger partial charge in [-0.1, -0.05) is 30.3 Å². The third kappa shape index (κ3) is 1.13. The fraction of sp³-hybridized carbons (Fsp3) is 0.143. The predicted molar refractivity (Wildman–Crippen MR) is 40.5 cm³/mol. The van der Waals surface area contributed by atoms with Crippen molar-refractivity contribution >= 4 is 12.7 Å². The standard InChI is InChI=1S/C7H10B/c1-8-7-5-3-2-4-6-7/h2-6H,8H2,1H3/q-1. The van der Waals surface area contributed by atoms with E-state index in [0.29, 0.717) is 0 Å². The van der Waals surface area contributed by atoms with Crippen molar-refractivity contribution in [1.82, 2.24) is 0 Å². The molecule has 8 heavy (non-hydrogen) atoms. The van der Waals surface area contributed by atoms with Gasteiger partial charge in [-0.15, -0.1) is 0 Å². The van der Waals surface area contributed by atoms with E-state index in [1.807, 2.05) is 0 Å². The molecule has 0 aliphatic carbocycles. The molecule has 1 aromatic carbocycles. The summed E-state index contributed by atoms with van der Waals surface area (Å²) >= 11 is 0. The van der Waals surface area contributed by atoms with Crippen molar-refractivity contribution in [3.05, 3.63) is 30.3 Å². The zero-order valence-corrected chi connectivity index (χ0v) is 5.39. The number of hydrogen-bond acceptors (Lipinski definition) is 0. The van der Waals surface area contributed by atoms with E-state index in [0.717, 1.165) is 0 Å². The Hall–Kier alpha value is -0.715. The topological polar surface area (TPSA) is 0 Å². The summed E-state index contributed by atoms with van der Waals surface area (Å²) in [7, 11) is 0.196. The molecule has 0 spiro atoms. The summed E-state index contributed by atoms with van der Waals surface area (Å²) < 4.78 is 0. The average Bonchev–Trinajstić information content (AvgIpc) is 1.90. The Morgan fingerprint density at radius 3 is 2.12 bits per heavy atom. The van der Waals surface area contributed by atoms with Crippen molar-refractivity contribution < 1.29 is 0 Å². The first-order valence-corrected chi connectivity index (χ1v) is 3.41. The summed E-state index contributed by atoms with van der Waals surface area (Å²) in [5, 5.41) is 0. The van der Waals surface area contributed by atoms with Crippen LogP contribution in [0.25, 0.3) is 0 Å². The normalized spacial score (nSPS) is 9.12. The molecule has 0 nitrogen and oxygen atoms in total. The molecular weight excluding hydrogens is 94.9 g/mol. The summed E-state index contributed by atoms with van der Waals surface area (Å²) in [4.78, 5) is 0. The van der Waals surface area contributed by atoms with Crippen molar-refractivity contribution in [3.8, 4) is 0 Å². The first kappa shape index (κ1) is 5.42. The fourth-order valence-electron chi connectivity index (χ4n) is 0.868. The van der Waals surface area contributed by atoms with Crippen LogP contribution in [0.5, 0.6) is 0 Å². The summed E-state index contributed by atoms with van der Waals surface area (Å²) in [6.07, 6.45) is 0. The molecule has 0 aromatic heterocycles. The van der Waals surface area contributed by atoms with Crippen LogP contribution in [0.1, 0.15) is 0 Å². The Labute approximate surface area is 50.8 Å². The molecule has 0 radical (unpaired) electrons. The van der Waals surface area contributed by atoms with Crippen LogP contribution in [0.2, 0.25) is 6.82 Å². The van der Waals surface area contributed by atoms with E-state index in [-0.39, 0.29) is 7.28 Å². The molecule has 0 bridgehead atoms. The molecule has 0 heterocycles. The second kappa shape index (κ2) is 2.56. The van der Waals surface area contributed by atoms with Gasteiger partial charge in [-0.05, 0) is 7.28 Å². The lowest BCUT2D eigenvalue weighted by Gasteiger charge is -1.96. The highest BCUT2D eigenvalue weighted by Gasteiger charge is 1.73. The quantitative estimate of drug-likeness (QED) is 0.457. The first-order chi connectivity index (χ1) is 3.93. The SMILES string of the molecule is C[BH2-]c1ccccc1. The third-order valence-corrected chi connectivity index (χ3v) is 1.52. The molecule has 0 saturated carbocycles. The Kier molecular flexibility index (Phi) is 1.73. The van der Waals surface area contributed by atoms with E-state index in [9.17, 15) is 0 Å². The van der Waals surface area contributed by atoms with Gasteiger partial charge in [0.25, 0.3) is 0 Å². The van der Waals surface area contributed by atoms with E-state index >= 15 is 0 Å². The minimum atomic E-state index is 0.196. The van der Waals surface area contributed by atoms with Crippen LogP contribution in [-0.2, 0) is 0 Å². The maximum Gasteiger partial charge on any atom is -0.00738 e. The van der Waals surface area contributed by atoms with Gasteiger partial charge in [0, 0.05) is 0 Å². The van der Waals surface area contributed by atoms with Crippen molar-refractivity contribution in [2.45, 2.75) is 6.82 Å². The van der Waals surface area contributed by atoms with Gasteiger partial charge in [0.05, 0.1) is 0 Å². The Bertz CT molecular complexity index is 146. The smallest absolute Gasteiger partial charge is 0.00738 e. The van der Waals surface area contributed by atoms with Crippen molar-refractivity contribution in [2.24, 2.45) is 0 Å². The number of rotatable bonds is 1. The van der Waals surface area contributed by atoms with Gasteiger partial charge >= 0.3 is 0 Å². The van der Waals surface area contributed by atoms with Crippen LogP contribution in [-0.4, -0.2) is 7.28 Å². The minimum Gasteiger partial charge on any atom is -0.217 e. The van der Waals surface area contributed by atoms with Crippen LogP contribution in [0.3, 0.4) is 0 Å². The van der Waals surface area contributed by atoms with Gasteiger partial charge in [0.15, 0.2) is 0 Å². The average molecular weight is 105 g/mol. The number of hydrogen-bond donors (Lipinski definition) is 0. The van der Waals surface area contributed by atoms with Gasteiger partial charge in [-0.25, -0.2) is 5.46 Å². The van der Waals surface area contributed by atoms with E-state index in [1.54, 1.807) is 0 Å². The summed E-state index contributed by atoms with van der Waals surface area (Å²) in [5.41, 5.74) is 1.53. The zero-order chi connectivity index (χ0) is 5.82. The molecule has 0 aliphatic rings. The molecule has 0 fully saturated rings. The molecule has 0 saturated heterocycles. The van der Waals surface area contributed by atoms with Crippen LogP contribution in [0, 0.1) is 0 Å². The molecule has 1 heteroatoms. The van der Waals surface area contributed by atoms with Gasteiger partial charge in [-0.2, -0.15) is 6.82 Å². The Morgan fingerprint density at radius 2 is 1.75 bits per heavy atom. The minimum absolute atomic E-state index is 0.196. The van der Waals surface area contributed by atoms with Gasteiger partial charge in [0.2, 0.25) is 0 Å². The second-order valence-corrected chi connectivity index (χ2v) is 2.15. The van der Waals surface area contributed by atoms with Gasteiger partial charge < -0.3 is 0 Å². The molecule has 0 atom stereocenters. The van der Waals surface area contributed by atoms with Crippen LogP contribution < -0.4 is 5.46 Å². The summed E-state index contributed by atoms with van der Waals surface area (Å²) in [6, 6.07) is 10.6. The maximum absolute atomic E-state index is 2.29. The highest BCUT2D eigenvalue weighted by atomic mass is 13.7. The van der Waals surface area contributed by atoms with Crippen LogP contribution in [0.4, 0.5) is 0 Å². The Balaban J connectivity index is 2.83. The zero-order valence-electron chi connectivity index (χ0n) is 5.39. The Morgan fingerprint density at radius 1 is 1.12 bits per heavy atom. The highest BCUT2D eigenvalue weighted by molar-refractivity contribution is 6.51. The second-order valence-electron chi connectivity index (χ2n) is 2.15. The van der Waals surface area contributed by atoms with E-state index in [2.05, 4.69) is 37.2 Å². The molecule has 42 valence electrons. The van der Waals surface area contributed by atoms with E-state index in [1.165, 1.54) is 5.46 Å². The molecule has 1 rings (SSSR count). The molecule has 0 aliphatic heterocycles. The van der Waals surface area contributed by atoms with Crippen molar-refractivity contribution in [3.63, 3.8) is 0 Å². The predicted octanol–water partition coefficient (Wildman–Crippen LogP) is 0.529. The highest BCUT2D eigenvalue weighted by Crippen LogP contribution is 1.79. The monoisotopic (exact) mass is 105 g/mol.